The van der Waals surface area contributed by atoms with Crippen LogP contribution < -0.4 is 5.32 Å². The highest BCUT2D eigenvalue weighted by Crippen LogP contribution is 2.18. The van der Waals surface area contributed by atoms with Crippen molar-refractivity contribution in [3.63, 3.8) is 0 Å². The van der Waals surface area contributed by atoms with E-state index in [2.05, 4.69) is 10.4 Å². The summed E-state index contributed by atoms with van der Waals surface area (Å²) in [6.07, 6.45) is 5.30. The quantitative estimate of drug-likeness (QED) is 0.924. The van der Waals surface area contributed by atoms with Gasteiger partial charge in [0, 0.05) is 43.5 Å². The number of hydrogen-bond acceptors (Lipinski definition) is 3. The van der Waals surface area contributed by atoms with E-state index in [0.717, 1.165) is 12.8 Å². The molecule has 2 amide bonds. The summed E-state index contributed by atoms with van der Waals surface area (Å²) in [7, 11) is 0. The molecule has 2 heterocycles. The van der Waals surface area contributed by atoms with Crippen molar-refractivity contribution in [2.75, 3.05) is 13.1 Å². The van der Waals surface area contributed by atoms with Crippen LogP contribution in [-0.2, 0) is 4.79 Å². The van der Waals surface area contributed by atoms with Gasteiger partial charge in [0.05, 0.1) is 0 Å². The standard InChI is InChI=1S/C18H21FN4O2/c1-2-17(24)21-14-5-3-9-22(12-14)18(25)13-6-7-16(15(19)11-13)23-10-4-8-20-23/h4,6-8,10-11,14H,2-3,5,9,12H2,1H3,(H,21,24). The number of likely N-dealkylation sites (tertiary alicyclic amines) is 1. The van der Waals surface area contributed by atoms with E-state index < -0.39 is 5.82 Å². The fraction of sp³-hybridized carbons (Fsp3) is 0.389. The Bertz CT molecular complexity index is 760. The molecule has 0 saturated carbocycles. The van der Waals surface area contributed by atoms with Crippen LogP contribution in [0.4, 0.5) is 4.39 Å². The molecule has 1 aliphatic heterocycles. The van der Waals surface area contributed by atoms with E-state index in [0.29, 0.717) is 30.8 Å². The van der Waals surface area contributed by atoms with Crippen LogP contribution in [0, 0.1) is 5.82 Å². The Morgan fingerprint density at radius 3 is 2.92 bits per heavy atom. The first kappa shape index (κ1) is 17.1. The van der Waals surface area contributed by atoms with Gasteiger partial charge in [0.15, 0.2) is 0 Å². The van der Waals surface area contributed by atoms with E-state index in [1.165, 1.54) is 10.7 Å². The van der Waals surface area contributed by atoms with Crippen LogP contribution in [0.3, 0.4) is 0 Å². The Hall–Kier alpha value is -2.70. The zero-order valence-electron chi connectivity index (χ0n) is 14.1. The maximum absolute atomic E-state index is 14.3. The fourth-order valence-corrected chi connectivity index (χ4v) is 3.03. The molecule has 1 aliphatic rings. The minimum Gasteiger partial charge on any atom is -0.352 e. The monoisotopic (exact) mass is 344 g/mol. The topological polar surface area (TPSA) is 67.2 Å². The van der Waals surface area contributed by atoms with Crippen LogP contribution in [0.1, 0.15) is 36.5 Å². The van der Waals surface area contributed by atoms with Gasteiger partial charge in [-0.05, 0) is 37.1 Å². The van der Waals surface area contributed by atoms with Gasteiger partial charge < -0.3 is 10.2 Å². The van der Waals surface area contributed by atoms with Crippen molar-refractivity contribution in [2.24, 2.45) is 0 Å². The molecule has 0 radical (unpaired) electrons. The summed E-state index contributed by atoms with van der Waals surface area (Å²) in [5.74, 6) is -0.738. The molecular weight excluding hydrogens is 323 g/mol. The summed E-state index contributed by atoms with van der Waals surface area (Å²) in [6.45, 7) is 2.86. The van der Waals surface area contributed by atoms with Gasteiger partial charge >= 0.3 is 0 Å². The first-order valence-electron chi connectivity index (χ1n) is 8.46. The van der Waals surface area contributed by atoms with Gasteiger partial charge in [0.25, 0.3) is 5.91 Å². The Morgan fingerprint density at radius 1 is 1.40 bits per heavy atom. The summed E-state index contributed by atoms with van der Waals surface area (Å²) in [4.78, 5) is 25.9. The molecule has 0 aliphatic carbocycles. The van der Waals surface area contributed by atoms with E-state index in [-0.39, 0.29) is 17.9 Å². The second-order valence-corrected chi connectivity index (χ2v) is 6.13. The molecule has 2 aromatic rings. The van der Waals surface area contributed by atoms with E-state index >= 15 is 0 Å². The summed E-state index contributed by atoms with van der Waals surface area (Å²) in [6, 6.07) is 6.07. The number of benzene rings is 1. The van der Waals surface area contributed by atoms with Crippen LogP contribution in [-0.4, -0.2) is 45.6 Å². The van der Waals surface area contributed by atoms with E-state index in [1.807, 2.05) is 0 Å². The van der Waals surface area contributed by atoms with Gasteiger partial charge in [-0.3, -0.25) is 9.59 Å². The van der Waals surface area contributed by atoms with Crippen molar-refractivity contribution in [3.05, 3.63) is 48.0 Å². The van der Waals surface area contributed by atoms with Gasteiger partial charge in [0.1, 0.15) is 11.5 Å². The van der Waals surface area contributed by atoms with Crippen molar-refractivity contribution >= 4 is 11.8 Å². The normalized spacial score (nSPS) is 17.4. The average molecular weight is 344 g/mol. The van der Waals surface area contributed by atoms with Crippen LogP contribution in [0.2, 0.25) is 0 Å². The number of piperidine rings is 1. The highest BCUT2D eigenvalue weighted by atomic mass is 19.1. The highest BCUT2D eigenvalue weighted by Gasteiger charge is 2.25. The van der Waals surface area contributed by atoms with Crippen molar-refractivity contribution in [2.45, 2.75) is 32.2 Å². The van der Waals surface area contributed by atoms with Gasteiger partial charge in [-0.2, -0.15) is 5.10 Å². The SMILES string of the molecule is CCC(=O)NC1CCCN(C(=O)c2ccc(-n3cccn3)c(F)c2)C1. The maximum atomic E-state index is 14.3. The summed E-state index contributed by atoms with van der Waals surface area (Å²) in [5, 5.41) is 6.92. The lowest BCUT2D eigenvalue weighted by Crippen LogP contribution is -2.49. The predicted octanol–water partition coefficient (Wildman–Crippen LogP) is 2.14. The number of aromatic nitrogens is 2. The number of halogens is 1. The molecule has 6 nitrogen and oxygen atoms in total. The number of amides is 2. The lowest BCUT2D eigenvalue weighted by Gasteiger charge is -2.33. The van der Waals surface area contributed by atoms with Crippen molar-refractivity contribution < 1.29 is 14.0 Å². The third-order valence-electron chi connectivity index (χ3n) is 4.34. The lowest BCUT2D eigenvalue weighted by molar-refractivity contribution is -0.121. The smallest absolute Gasteiger partial charge is 0.254 e. The first-order chi connectivity index (χ1) is 12.1. The number of carbonyl (C=O) groups excluding carboxylic acids is 2. The van der Waals surface area contributed by atoms with E-state index in [4.69, 9.17) is 0 Å². The van der Waals surface area contributed by atoms with Gasteiger partial charge in [-0.15, -0.1) is 0 Å². The molecule has 1 aromatic carbocycles. The minimum atomic E-state index is -0.498. The number of rotatable bonds is 4. The number of nitrogens with zero attached hydrogens (tertiary/aromatic N) is 3. The molecule has 1 aromatic heterocycles. The Balaban J connectivity index is 1.72. The molecule has 0 spiro atoms. The highest BCUT2D eigenvalue weighted by molar-refractivity contribution is 5.94. The largest absolute Gasteiger partial charge is 0.352 e. The van der Waals surface area contributed by atoms with Gasteiger partial charge in [-0.1, -0.05) is 6.92 Å². The zero-order chi connectivity index (χ0) is 17.8. The van der Waals surface area contributed by atoms with Crippen molar-refractivity contribution in [1.29, 1.82) is 0 Å². The van der Waals surface area contributed by atoms with E-state index in [9.17, 15) is 14.0 Å². The maximum Gasteiger partial charge on any atom is 0.254 e. The Morgan fingerprint density at radius 2 is 2.24 bits per heavy atom. The van der Waals surface area contributed by atoms with Crippen molar-refractivity contribution in [1.82, 2.24) is 20.0 Å². The summed E-state index contributed by atoms with van der Waals surface area (Å²) in [5.41, 5.74) is 0.601. The molecule has 25 heavy (non-hydrogen) atoms. The molecule has 1 atom stereocenters. The molecule has 7 heteroatoms. The molecule has 1 unspecified atom stereocenters. The molecule has 1 N–H and O–H groups in total. The van der Waals surface area contributed by atoms with Gasteiger partial charge in [0.2, 0.25) is 5.91 Å². The number of carbonyl (C=O) groups is 2. The number of hydrogen-bond donors (Lipinski definition) is 1. The summed E-state index contributed by atoms with van der Waals surface area (Å²) >= 11 is 0. The first-order valence-corrected chi connectivity index (χ1v) is 8.46. The average Bonchev–Trinajstić information content (AvgIpc) is 3.15. The molecule has 1 saturated heterocycles. The Kier molecular flexibility index (Phi) is 5.11. The van der Waals surface area contributed by atoms with Gasteiger partial charge in [-0.25, -0.2) is 9.07 Å². The lowest BCUT2D eigenvalue weighted by atomic mass is 10.0. The fourth-order valence-electron chi connectivity index (χ4n) is 3.03. The van der Waals surface area contributed by atoms with Crippen LogP contribution in [0.5, 0.6) is 0 Å². The predicted molar refractivity (Wildman–Crippen MR) is 90.9 cm³/mol. The molecule has 0 bridgehead atoms. The van der Waals surface area contributed by atoms with Crippen LogP contribution in [0.25, 0.3) is 5.69 Å². The van der Waals surface area contributed by atoms with Crippen LogP contribution >= 0.6 is 0 Å². The second kappa shape index (κ2) is 7.46. The van der Waals surface area contributed by atoms with Crippen molar-refractivity contribution in [3.8, 4) is 5.69 Å². The molecular formula is C18H21FN4O2. The Labute approximate surface area is 145 Å². The third kappa shape index (κ3) is 3.87. The number of nitrogens with one attached hydrogen (secondary N) is 1. The van der Waals surface area contributed by atoms with Crippen LogP contribution in [0.15, 0.2) is 36.7 Å². The third-order valence-corrected chi connectivity index (χ3v) is 4.34. The van der Waals surface area contributed by atoms with E-state index in [1.54, 1.807) is 42.4 Å². The molecule has 3 rings (SSSR count). The minimum absolute atomic E-state index is 0.0195. The molecule has 1 fully saturated rings. The summed E-state index contributed by atoms with van der Waals surface area (Å²) < 4.78 is 15.8. The zero-order valence-corrected chi connectivity index (χ0v) is 14.1. The molecule has 132 valence electrons. The second-order valence-electron chi connectivity index (χ2n) is 6.13.